The smallest absolute Gasteiger partial charge is 0.422 e. The minimum Gasteiger partial charge on any atom is -0.492 e. The number of hydrogen-bond acceptors (Lipinski definition) is 8. The molecule has 7 rings (SSSR count). The third-order valence-electron chi connectivity index (χ3n) is 6.69. The molecule has 0 saturated heterocycles. The molecule has 3 aromatic rings. The van der Waals surface area contributed by atoms with Crippen LogP contribution in [0.5, 0.6) is 11.8 Å². The van der Waals surface area contributed by atoms with Gasteiger partial charge in [-0.2, -0.15) is 28.1 Å². The summed E-state index contributed by atoms with van der Waals surface area (Å²) in [5, 5.41) is 6.39. The number of carbonyl (C=O) groups excluding carboxylic acids is 1. The number of halogens is 3. The highest BCUT2D eigenvalue weighted by molar-refractivity contribution is 5.78. The molecule has 4 aliphatic heterocycles. The number of carbonyl (C=O) groups is 1. The van der Waals surface area contributed by atoms with Gasteiger partial charge in [0.15, 0.2) is 6.61 Å². The first-order chi connectivity index (χ1) is 20.6. The van der Waals surface area contributed by atoms with E-state index in [4.69, 9.17) is 9.47 Å². The maximum atomic E-state index is 12.8. The van der Waals surface area contributed by atoms with Crippen LogP contribution in [0.3, 0.4) is 0 Å². The van der Waals surface area contributed by atoms with Crippen LogP contribution in [-0.4, -0.2) is 64.8 Å². The van der Waals surface area contributed by atoms with Crippen molar-refractivity contribution in [2.45, 2.75) is 45.8 Å². The van der Waals surface area contributed by atoms with Gasteiger partial charge in [-0.05, 0) is 41.7 Å². The molecule has 0 spiro atoms. The van der Waals surface area contributed by atoms with E-state index >= 15 is 0 Å². The third kappa shape index (κ3) is 10.2. The lowest BCUT2D eigenvalue weighted by molar-refractivity contribution is -0.154. The molecule has 2 N–H and O–H groups in total. The molecule has 1 aromatic heterocycles. The van der Waals surface area contributed by atoms with E-state index in [0.29, 0.717) is 38.5 Å². The number of nitrogens with one attached hydrogen (secondary N) is 2. The van der Waals surface area contributed by atoms with Gasteiger partial charge in [-0.3, -0.25) is 4.79 Å². The monoisotopic (exact) mass is 598 g/mol. The highest BCUT2D eigenvalue weighted by Crippen LogP contribution is 2.20. The summed E-state index contributed by atoms with van der Waals surface area (Å²) in [6, 6.07) is 14.6. The van der Waals surface area contributed by atoms with Crippen LogP contribution in [0.2, 0.25) is 0 Å². The predicted molar refractivity (Wildman–Crippen MR) is 158 cm³/mol. The Morgan fingerprint density at radius 1 is 1.00 bits per heavy atom. The van der Waals surface area contributed by atoms with E-state index in [9.17, 15) is 18.0 Å². The van der Waals surface area contributed by atoms with Crippen LogP contribution in [0.1, 0.15) is 49.2 Å². The molecule has 2 aromatic carbocycles. The molecule has 9 nitrogen and oxygen atoms in total. The second-order valence-corrected chi connectivity index (χ2v) is 10.6. The molecule has 230 valence electrons. The van der Waals surface area contributed by atoms with E-state index in [1.807, 2.05) is 67.3 Å². The number of rotatable bonds is 3. The van der Waals surface area contributed by atoms with Crippen molar-refractivity contribution >= 4 is 17.6 Å². The SMILES string of the molecule is C=C1NCCCCN(C(=O)C(C)C)CCOc2ccc(cc2)CNc2nc(nc(OCC(F)(F)F)n2)Cc2ccc1cc2. The van der Waals surface area contributed by atoms with Crippen molar-refractivity contribution in [1.29, 1.82) is 0 Å². The summed E-state index contributed by atoms with van der Waals surface area (Å²) in [7, 11) is 0. The highest BCUT2D eigenvalue weighted by Gasteiger charge is 2.29. The summed E-state index contributed by atoms with van der Waals surface area (Å²) >= 11 is 0. The zero-order valence-corrected chi connectivity index (χ0v) is 24.4. The van der Waals surface area contributed by atoms with Gasteiger partial charge in [0.2, 0.25) is 11.9 Å². The molecule has 0 atom stereocenters. The van der Waals surface area contributed by atoms with Crippen molar-refractivity contribution in [3.63, 3.8) is 0 Å². The molecule has 1 amide bonds. The minimum atomic E-state index is -4.53. The Morgan fingerprint density at radius 2 is 1.72 bits per heavy atom. The van der Waals surface area contributed by atoms with Gasteiger partial charge in [0.25, 0.3) is 0 Å². The Kier molecular flexibility index (Phi) is 10.8. The number of amides is 1. The Balaban J connectivity index is 1.55. The maximum Gasteiger partial charge on any atom is 0.422 e. The van der Waals surface area contributed by atoms with Gasteiger partial charge in [0.1, 0.15) is 18.2 Å². The quantitative estimate of drug-likeness (QED) is 0.423. The summed E-state index contributed by atoms with van der Waals surface area (Å²) in [4.78, 5) is 27.2. The summed E-state index contributed by atoms with van der Waals surface area (Å²) < 4.78 is 49.2. The Hall–Kier alpha value is -4.35. The summed E-state index contributed by atoms with van der Waals surface area (Å²) in [5.74, 6) is 1.02. The van der Waals surface area contributed by atoms with Crippen molar-refractivity contribution < 1.29 is 27.4 Å². The van der Waals surface area contributed by atoms with Crippen LogP contribution in [0.15, 0.2) is 55.1 Å². The second kappa shape index (κ2) is 14.7. The molecule has 5 heterocycles. The molecule has 0 fully saturated rings. The fraction of sp³-hybridized carbons (Fsp3) is 0.419. The van der Waals surface area contributed by atoms with Crippen LogP contribution in [0, 0.1) is 5.92 Å². The molecule has 0 radical (unpaired) electrons. The average Bonchev–Trinajstić information content (AvgIpc) is 2.97. The summed E-state index contributed by atoms with van der Waals surface area (Å²) in [5.41, 5.74) is 3.41. The van der Waals surface area contributed by atoms with E-state index in [1.54, 1.807) is 0 Å². The topological polar surface area (TPSA) is 102 Å². The number of hydrogen-bond donors (Lipinski definition) is 2. The number of benzene rings is 2. The van der Waals surface area contributed by atoms with E-state index in [0.717, 1.165) is 35.2 Å². The number of ether oxygens (including phenoxy) is 2. The zero-order chi connectivity index (χ0) is 30.8. The van der Waals surface area contributed by atoms with Gasteiger partial charge in [0, 0.05) is 37.7 Å². The zero-order valence-electron chi connectivity index (χ0n) is 24.4. The lowest BCUT2D eigenvalue weighted by Crippen LogP contribution is -2.38. The number of nitrogens with zero attached hydrogens (tertiary/aromatic N) is 4. The molecule has 12 heteroatoms. The fourth-order valence-electron chi connectivity index (χ4n) is 4.40. The van der Waals surface area contributed by atoms with Crippen LogP contribution in [0.4, 0.5) is 19.1 Å². The molecule has 4 aliphatic rings. The molecular formula is C31H37F3N6O3. The van der Waals surface area contributed by atoms with Crippen molar-refractivity contribution in [1.82, 2.24) is 25.2 Å². The van der Waals surface area contributed by atoms with Crippen molar-refractivity contribution in [2.75, 3.05) is 38.2 Å². The molecule has 0 unspecified atom stereocenters. The average molecular weight is 599 g/mol. The highest BCUT2D eigenvalue weighted by atomic mass is 19.4. The van der Waals surface area contributed by atoms with Gasteiger partial charge in [-0.1, -0.05) is 56.8 Å². The molecular weight excluding hydrogens is 561 g/mol. The van der Waals surface area contributed by atoms with E-state index in [2.05, 4.69) is 32.2 Å². The van der Waals surface area contributed by atoms with Gasteiger partial charge >= 0.3 is 12.2 Å². The Bertz CT molecular complexity index is 1360. The lowest BCUT2D eigenvalue weighted by Gasteiger charge is -2.25. The minimum absolute atomic E-state index is 0.0948. The van der Waals surface area contributed by atoms with Gasteiger partial charge < -0.3 is 25.0 Å². The molecule has 0 aliphatic carbocycles. The largest absolute Gasteiger partial charge is 0.492 e. The predicted octanol–water partition coefficient (Wildman–Crippen LogP) is 5.23. The number of alkyl halides is 3. The van der Waals surface area contributed by atoms with E-state index < -0.39 is 18.8 Å². The van der Waals surface area contributed by atoms with Crippen LogP contribution in [0.25, 0.3) is 5.70 Å². The fourth-order valence-corrected chi connectivity index (χ4v) is 4.40. The molecule has 6 bridgehead atoms. The maximum absolute atomic E-state index is 12.8. The van der Waals surface area contributed by atoms with Crippen molar-refractivity contribution in [3.8, 4) is 11.8 Å². The standard InChI is InChI=1S/C31H37F3N6O3/c1-21(2)28(41)40-15-5-4-14-35-22(3)25-10-6-23(7-11-25)18-27-37-29(39-30(38-27)43-20-31(32,33)34)36-19-24-8-12-26(13-9-24)42-17-16-40/h6-13,21,35H,3-5,14-20H2,1-2H3,(H,36,37,38,39). The van der Waals surface area contributed by atoms with Gasteiger partial charge in [0.05, 0.1) is 6.54 Å². The number of aromatic nitrogens is 3. The number of anilines is 1. The normalized spacial score (nSPS) is 15.3. The first kappa shape index (κ1) is 31.6. The molecule has 43 heavy (non-hydrogen) atoms. The Morgan fingerprint density at radius 3 is 2.42 bits per heavy atom. The Labute approximate surface area is 249 Å². The van der Waals surface area contributed by atoms with E-state index in [-0.39, 0.29) is 30.0 Å². The van der Waals surface area contributed by atoms with Crippen LogP contribution < -0.4 is 20.1 Å². The van der Waals surface area contributed by atoms with Crippen LogP contribution in [-0.2, 0) is 17.8 Å². The first-order valence-electron chi connectivity index (χ1n) is 14.3. The lowest BCUT2D eigenvalue weighted by atomic mass is 10.1. The summed E-state index contributed by atoms with van der Waals surface area (Å²) in [6.07, 6.45) is -2.58. The second-order valence-electron chi connectivity index (χ2n) is 10.6. The van der Waals surface area contributed by atoms with Crippen LogP contribution >= 0.6 is 0 Å². The third-order valence-corrected chi connectivity index (χ3v) is 6.69. The summed E-state index contributed by atoms with van der Waals surface area (Å²) in [6.45, 7) is 8.91. The van der Waals surface area contributed by atoms with Gasteiger partial charge in [-0.25, -0.2) is 0 Å². The van der Waals surface area contributed by atoms with Crippen molar-refractivity contribution in [2.24, 2.45) is 5.92 Å². The van der Waals surface area contributed by atoms with E-state index in [1.165, 1.54) is 0 Å². The van der Waals surface area contributed by atoms with Gasteiger partial charge in [-0.15, -0.1) is 0 Å². The first-order valence-corrected chi connectivity index (χ1v) is 14.3. The van der Waals surface area contributed by atoms with Crippen molar-refractivity contribution in [3.05, 3.63) is 77.6 Å². The molecule has 0 saturated carbocycles.